The van der Waals surface area contributed by atoms with E-state index in [4.69, 9.17) is 17.3 Å². The van der Waals surface area contributed by atoms with E-state index < -0.39 is 0 Å². The number of fused-ring (bicyclic) bond motifs is 2. The summed E-state index contributed by atoms with van der Waals surface area (Å²) in [4.78, 5) is 18.9. The summed E-state index contributed by atoms with van der Waals surface area (Å²) in [5.41, 5.74) is 9.58. The quantitative estimate of drug-likeness (QED) is 0.438. The van der Waals surface area contributed by atoms with Crippen LogP contribution in [0.2, 0.25) is 5.02 Å². The first-order valence-corrected chi connectivity index (χ1v) is 12.7. The van der Waals surface area contributed by atoms with Gasteiger partial charge >= 0.3 is 0 Å². The van der Waals surface area contributed by atoms with Crippen molar-refractivity contribution in [3.63, 3.8) is 0 Å². The third-order valence-corrected chi connectivity index (χ3v) is 8.19. The minimum Gasteiger partial charge on any atom is -0.358 e. The van der Waals surface area contributed by atoms with Crippen LogP contribution in [0.25, 0.3) is 10.9 Å². The number of rotatable bonds is 5. The van der Waals surface area contributed by atoms with Crippen molar-refractivity contribution in [3.8, 4) is 0 Å². The van der Waals surface area contributed by atoms with E-state index in [0.717, 1.165) is 54.3 Å². The third-order valence-electron chi connectivity index (χ3n) is 7.96. The van der Waals surface area contributed by atoms with Crippen molar-refractivity contribution in [2.45, 2.75) is 50.1 Å². The summed E-state index contributed by atoms with van der Waals surface area (Å²) in [6.45, 7) is 1.98. The smallest absolute Gasteiger partial charge is 0.292 e. The maximum atomic E-state index is 13.4. The molecule has 1 saturated carbocycles. The highest BCUT2D eigenvalue weighted by Crippen LogP contribution is 2.41. The maximum absolute atomic E-state index is 13.4. The zero-order valence-electron chi connectivity index (χ0n) is 19.6. The molecule has 0 unspecified atom stereocenters. The number of carbonyl (C=O) groups is 1. The van der Waals surface area contributed by atoms with Crippen LogP contribution in [-0.2, 0) is 18.4 Å². The first kappa shape index (κ1) is 22.3. The van der Waals surface area contributed by atoms with Crippen molar-refractivity contribution >= 4 is 28.4 Å². The van der Waals surface area contributed by atoms with Gasteiger partial charge < -0.3 is 20.2 Å². The van der Waals surface area contributed by atoms with Crippen LogP contribution >= 0.6 is 11.6 Å². The van der Waals surface area contributed by atoms with Crippen molar-refractivity contribution in [1.29, 1.82) is 0 Å². The molecule has 2 aromatic heterocycles. The van der Waals surface area contributed by atoms with E-state index in [1.165, 1.54) is 10.9 Å². The Hall–Kier alpha value is -3.16. The van der Waals surface area contributed by atoms with Gasteiger partial charge in [0.15, 0.2) is 0 Å². The fourth-order valence-corrected chi connectivity index (χ4v) is 6.13. The Morgan fingerprint density at radius 2 is 1.89 bits per heavy atom. The second kappa shape index (κ2) is 8.81. The van der Waals surface area contributed by atoms with E-state index in [2.05, 4.69) is 39.4 Å². The molecule has 2 aliphatic rings. The predicted octanol–water partition coefficient (Wildman–Crippen LogP) is 4.30. The van der Waals surface area contributed by atoms with E-state index in [-0.39, 0.29) is 17.4 Å². The summed E-state index contributed by atoms with van der Waals surface area (Å²) in [5, 5.41) is 10.6. The van der Waals surface area contributed by atoms with Gasteiger partial charge in [-0.3, -0.25) is 4.79 Å². The van der Waals surface area contributed by atoms with Crippen molar-refractivity contribution in [3.05, 3.63) is 82.5 Å². The Labute approximate surface area is 209 Å². The highest BCUT2D eigenvalue weighted by atomic mass is 35.5. The number of nitrogens with zero attached hydrogens (tertiary/aromatic N) is 4. The number of halogens is 1. The average molecular weight is 489 g/mol. The Bertz CT molecular complexity index is 1350. The lowest BCUT2D eigenvalue weighted by molar-refractivity contribution is 0.0521. The molecule has 0 spiro atoms. The van der Waals surface area contributed by atoms with Crippen LogP contribution in [0.15, 0.2) is 54.6 Å². The number of para-hydroxylation sites is 1. The van der Waals surface area contributed by atoms with Gasteiger partial charge in [0.25, 0.3) is 5.91 Å². The summed E-state index contributed by atoms with van der Waals surface area (Å²) in [7, 11) is 0. The molecule has 0 saturated heterocycles. The van der Waals surface area contributed by atoms with Gasteiger partial charge in [-0.25, -0.2) is 0 Å². The lowest BCUT2D eigenvalue weighted by atomic mass is 9.68. The van der Waals surface area contributed by atoms with Crippen molar-refractivity contribution < 1.29 is 4.79 Å². The fourth-order valence-electron chi connectivity index (χ4n) is 5.94. The number of H-pyrrole nitrogens is 1. The van der Waals surface area contributed by atoms with Gasteiger partial charge in [0.2, 0.25) is 5.82 Å². The minimum atomic E-state index is -0.0764. The number of carbonyl (C=O) groups excluding carboxylic acids is 1. The van der Waals surface area contributed by atoms with Crippen molar-refractivity contribution in [1.82, 2.24) is 24.6 Å². The van der Waals surface area contributed by atoms with Gasteiger partial charge in [0.05, 0.1) is 0 Å². The number of amides is 1. The Morgan fingerprint density at radius 1 is 1.06 bits per heavy atom. The molecule has 0 bridgehead atoms. The zero-order valence-corrected chi connectivity index (χ0v) is 20.3. The van der Waals surface area contributed by atoms with Crippen LogP contribution in [0.5, 0.6) is 0 Å². The SMILES string of the molecule is NCC1(c2cccc(Cl)c2)CCC(N2CCn3c(Cc4cc5ccccc5[nH]4)nnc3C2=O)CC1. The number of nitrogens with one attached hydrogen (secondary N) is 1. The molecular weight excluding hydrogens is 460 g/mol. The lowest BCUT2D eigenvalue weighted by Gasteiger charge is -2.44. The molecule has 1 fully saturated rings. The Balaban J connectivity index is 1.17. The number of hydrogen-bond donors (Lipinski definition) is 2. The van der Waals surface area contributed by atoms with E-state index in [0.29, 0.717) is 25.3 Å². The van der Waals surface area contributed by atoms with Crippen LogP contribution in [0.4, 0.5) is 0 Å². The highest BCUT2D eigenvalue weighted by molar-refractivity contribution is 6.30. The maximum Gasteiger partial charge on any atom is 0.292 e. The van der Waals surface area contributed by atoms with Gasteiger partial charge in [-0.05, 0) is 60.9 Å². The van der Waals surface area contributed by atoms with Gasteiger partial charge in [-0.15, -0.1) is 10.2 Å². The molecule has 0 radical (unpaired) electrons. The molecule has 1 aliphatic carbocycles. The van der Waals surface area contributed by atoms with Crippen molar-refractivity contribution in [2.75, 3.05) is 13.1 Å². The monoisotopic (exact) mass is 488 g/mol. The molecule has 6 rings (SSSR count). The van der Waals surface area contributed by atoms with Crippen molar-refractivity contribution in [2.24, 2.45) is 5.73 Å². The van der Waals surface area contributed by atoms with Crippen LogP contribution in [0.1, 0.15) is 53.4 Å². The molecule has 1 amide bonds. The highest BCUT2D eigenvalue weighted by Gasteiger charge is 2.40. The first-order chi connectivity index (χ1) is 17.1. The molecule has 35 heavy (non-hydrogen) atoms. The minimum absolute atomic E-state index is 0.0142. The second-order valence-electron chi connectivity index (χ2n) is 9.87. The second-order valence-corrected chi connectivity index (χ2v) is 10.3. The Kier molecular flexibility index (Phi) is 5.61. The molecule has 1 aliphatic heterocycles. The summed E-state index contributed by atoms with van der Waals surface area (Å²) >= 11 is 6.26. The largest absolute Gasteiger partial charge is 0.358 e. The summed E-state index contributed by atoms with van der Waals surface area (Å²) in [6.07, 6.45) is 4.35. The van der Waals surface area contributed by atoms with Crippen LogP contribution in [0.3, 0.4) is 0 Å². The summed E-state index contributed by atoms with van der Waals surface area (Å²) < 4.78 is 1.99. The number of aromatic amines is 1. The number of hydrogen-bond acceptors (Lipinski definition) is 4. The molecule has 0 atom stereocenters. The van der Waals surface area contributed by atoms with Gasteiger partial charge in [0, 0.05) is 53.7 Å². The van der Waals surface area contributed by atoms with Gasteiger partial charge in [-0.1, -0.05) is 41.9 Å². The fraction of sp³-hybridized carbons (Fsp3) is 0.370. The summed E-state index contributed by atoms with van der Waals surface area (Å²) in [6, 6.07) is 18.6. The molecule has 3 heterocycles. The van der Waals surface area contributed by atoms with Gasteiger partial charge in [-0.2, -0.15) is 0 Å². The van der Waals surface area contributed by atoms with E-state index in [9.17, 15) is 4.79 Å². The molecule has 2 aromatic carbocycles. The first-order valence-electron chi connectivity index (χ1n) is 12.3. The standard InChI is InChI=1S/C27H29ClN6O/c28-20-6-3-5-19(15-20)27(17-29)10-8-22(9-11-27)33-12-13-34-24(31-32-25(34)26(33)35)16-21-14-18-4-1-2-7-23(18)30-21/h1-7,14-15,22,30H,8-13,16-17,29H2. The van der Waals surface area contributed by atoms with Crippen LogP contribution < -0.4 is 5.73 Å². The Morgan fingerprint density at radius 3 is 2.66 bits per heavy atom. The summed E-state index contributed by atoms with van der Waals surface area (Å²) in [5.74, 6) is 1.26. The molecule has 3 N–H and O–H groups in total. The zero-order chi connectivity index (χ0) is 24.0. The average Bonchev–Trinajstić information content (AvgIpc) is 3.49. The normalized spacial score (nSPS) is 22.5. The van der Waals surface area contributed by atoms with E-state index in [1.54, 1.807) is 0 Å². The number of aromatic nitrogens is 4. The van der Waals surface area contributed by atoms with Crippen LogP contribution in [0, 0.1) is 0 Å². The lowest BCUT2D eigenvalue weighted by Crippen LogP contribution is -2.51. The third kappa shape index (κ3) is 3.93. The number of nitrogens with two attached hydrogens (primary N) is 1. The van der Waals surface area contributed by atoms with Gasteiger partial charge in [0.1, 0.15) is 5.82 Å². The molecule has 8 heteroatoms. The molecular formula is C27H29ClN6O. The molecule has 180 valence electrons. The topological polar surface area (TPSA) is 92.8 Å². The van der Waals surface area contributed by atoms with Crippen LogP contribution in [-0.4, -0.2) is 49.7 Å². The number of benzene rings is 2. The van der Waals surface area contributed by atoms with E-state index in [1.807, 2.05) is 39.8 Å². The predicted molar refractivity (Wildman–Crippen MR) is 137 cm³/mol. The molecule has 4 aromatic rings. The molecule has 7 nitrogen and oxygen atoms in total. The van der Waals surface area contributed by atoms with E-state index >= 15 is 0 Å².